The van der Waals surface area contributed by atoms with Crippen LogP contribution >= 0.6 is 11.6 Å². The van der Waals surface area contributed by atoms with E-state index < -0.39 is 11.9 Å². The van der Waals surface area contributed by atoms with Crippen LogP contribution in [-0.4, -0.2) is 26.8 Å². The van der Waals surface area contributed by atoms with Crippen molar-refractivity contribution in [2.45, 2.75) is 0 Å². The number of hydrogen-bond donors (Lipinski definition) is 2. The Morgan fingerprint density at radius 2 is 2.16 bits per heavy atom. The van der Waals surface area contributed by atoms with Crippen LogP contribution in [0.2, 0.25) is 5.02 Å². The Kier molecular flexibility index (Phi) is 3.52. The molecule has 0 atom stereocenters. The number of carbonyl (C=O) groups excluding carboxylic acids is 1. The third-order valence-electron chi connectivity index (χ3n) is 2.45. The number of amides is 1. The predicted octanol–water partition coefficient (Wildman–Crippen LogP) is 2.02. The Labute approximate surface area is 113 Å². The predicted molar refractivity (Wildman–Crippen MR) is 69.6 cm³/mol. The van der Waals surface area contributed by atoms with Crippen LogP contribution in [0.25, 0.3) is 0 Å². The number of anilines is 1. The summed E-state index contributed by atoms with van der Waals surface area (Å²) in [6, 6.07) is 4.38. The van der Waals surface area contributed by atoms with E-state index in [1.807, 2.05) is 0 Å². The minimum absolute atomic E-state index is 0.0651. The highest BCUT2D eigenvalue weighted by atomic mass is 35.5. The van der Waals surface area contributed by atoms with E-state index in [0.29, 0.717) is 5.56 Å². The first-order chi connectivity index (χ1) is 8.99. The average Bonchev–Trinajstić information content (AvgIpc) is 2.78. The van der Waals surface area contributed by atoms with E-state index in [0.717, 1.165) is 0 Å². The summed E-state index contributed by atoms with van der Waals surface area (Å²) in [7, 11) is 1.68. The molecule has 2 N–H and O–H groups in total. The van der Waals surface area contributed by atoms with Crippen molar-refractivity contribution in [2.24, 2.45) is 7.05 Å². The van der Waals surface area contributed by atoms with Crippen molar-refractivity contribution in [2.75, 3.05) is 5.32 Å². The lowest BCUT2D eigenvalue weighted by Gasteiger charge is -2.09. The molecular formula is C12H10ClN3O3. The van der Waals surface area contributed by atoms with E-state index in [9.17, 15) is 9.59 Å². The van der Waals surface area contributed by atoms with Crippen LogP contribution < -0.4 is 5.32 Å². The fraction of sp³-hybridized carbons (Fsp3) is 0.0833. The van der Waals surface area contributed by atoms with Gasteiger partial charge < -0.3 is 10.4 Å². The SMILES string of the molecule is Cn1cc(C(=O)Nc2c(Cl)cccc2C(=O)O)cn1. The lowest BCUT2D eigenvalue weighted by atomic mass is 10.1. The second-order valence-electron chi connectivity index (χ2n) is 3.82. The molecule has 1 aromatic carbocycles. The van der Waals surface area contributed by atoms with Gasteiger partial charge in [0, 0.05) is 13.2 Å². The zero-order valence-corrected chi connectivity index (χ0v) is 10.7. The van der Waals surface area contributed by atoms with E-state index >= 15 is 0 Å². The van der Waals surface area contributed by atoms with Gasteiger partial charge in [-0.25, -0.2) is 4.79 Å². The Bertz CT molecular complexity index is 651. The Hall–Kier alpha value is -2.34. The molecule has 0 saturated heterocycles. The lowest BCUT2D eigenvalue weighted by molar-refractivity contribution is 0.0698. The molecule has 0 aliphatic rings. The quantitative estimate of drug-likeness (QED) is 0.900. The first-order valence-corrected chi connectivity index (χ1v) is 5.68. The molecule has 1 aromatic heterocycles. The smallest absolute Gasteiger partial charge is 0.337 e. The van der Waals surface area contributed by atoms with Gasteiger partial charge >= 0.3 is 5.97 Å². The summed E-state index contributed by atoms with van der Waals surface area (Å²) in [5.41, 5.74) is 0.328. The molecule has 0 saturated carbocycles. The normalized spacial score (nSPS) is 10.2. The summed E-state index contributed by atoms with van der Waals surface area (Å²) in [4.78, 5) is 23.0. The summed E-state index contributed by atoms with van der Waals surface area (Å²) in [6.45, 7) is 0. The van der Waals surface area contributed by atoms with Crippen molar-refractivity contribution in [3.8, 4) is 0 Å². The van der Waals surface area contributed by atoms with E-state index in [1.165, 1.54) is 35.3 Å². The number of carboxylic acids is 1. The maximum absolute atomic E-state index is 11.9. The summed E-state index contributed by atoms with van der Waals surface area (Å²) in [6.07, 6.45) is 2.90. The minimum Gasteiger partial charge on any atom is -0.478 e. The number of carbonyl (C=O) groups is 2. The fourth-order valence-electron chi connectivity index (χ4n) is 1.55. The van der Waals surface area contributed by atoms with Gasteiger partial charge in [0.05, 0.1) is 28.0 Å². The molecule has 0 spiro atoms. The van der Waals surface area contributed by atoms with Gasteiger partial charge in [0.25, 0.3) is 5.91 Å². The third kappa shape index (κ3) is 2.74. The molecule has 0 aliphatic carbocycles. The maximum atomic E-state index is 11.9. The van der Waals surface area contributed by atoms with Crippen molar-refractivity contribution in [1.29, 1.82) is 0 Å². The van der Waals surface area contributed by atoms with Crippen molar-refractivity contribution in [3.63, 3.8) is 0 Å². The van der Waals surface area contributed by atoms with Crippen molar-refractivity contribution < 1.29 is 14.7 Å². The van der Waals surface area contributed by atoms with Crippen molar-refractivity contribution >= 4 is 29.2 Å². The Balaban J connectivity index is 2.33. The number of nitrogens with one attached hydrogen (secondary N) is 1. The number of halogens is 1. The van der Waals surface area contributed by atoms with Gasteiger partial charge in [-0.15, -0.1) is 0 Å². The summed E-state index contributed by atoms with van der Waals surface area (Å²) < 4.78 is 1.47. The molecule has 1 amide bonds. The summed E-state index contributed by atoms with van der Waals surface area (Å²) >= 11 is 5.91. The number of benzene rings is 1. The van der Waals surface area contributed by atoms with Crippen LogP contribution in [0.15, 0.2) is 30.6 Å². The van der Waals surface area contributed by atoms with E-state index in [2.05, 4.69) is 10.4 Å². The highest BCUT2D eigenvalue weighted by Gasteiger charge is 2.17. The number of carboxylic acid groups (broad SMARTS) is 1. The number of nitrogens with zero attached hydrogens (tertiary/aromatic N) is 2. The first-order valence-electron chi connectivity index (χ1n) is 5.31. The van der Waals surface area contributed by atoms with Gasteiger partial charge in [-0.1, -0.05) is 17.7 Å². The highest BCUT2D eigenvalue weighted by Crippen LogP contribution is 2.26. The van der Waals surface area contributed by atoms with Crippen LogP contribution in [0.5, 0.6) is 0 Å². The molecule has 0 unspecified atom stereocenters. The molecule has 6 nitrogen and oxygen atoms in total. The highest BCUT2D eigenvalue weighted by molar-refractivity contribution is 6.34. The molecule has 0 fully saturated rings. The maximum Gasteiger partial charge on any atom is 0.337 e. The number of aromatic nitrogens is 2. The first kappa shape index (κ1) is 13.1. The third-order valence-corrected chi connectivity index (χ3v) is 2.76. The van der Waals surface area contributed by atoms with Crippen molar-refractivity contribution in [3.05, 3.63) is 46.7 Å². The van der Waals surface area contributed by atoms with Crippen LogP contribution in [-0.2, 0) is 7.05 Å². The summed E-state index contributed by atoms with van der Waals surface area (Å²) in [5, 5.41) is 15.6. The number of aromatic carboxylic acids is 1. The summed E-state index contributed by atoms with van der Waals surface area (Å²) in [5.74, 6) is -1.63. The number of hydrogen-bond acceptors (Lipinski definition) is 3. The molecule has 7 heteroatoms. The fourth-order valence-corrected chi connectivity index (χ4v) is 1.78. The molecule has 2 aromatic rings. The van der Waals surface area contributed by atoms with Gasteiger partial charge in [0.1, 0.15) is 0 Å². The molecule has 98 valence electrons. The van der Waals surface area contributed by atoms with Gasteiger partial charge in [0.15, 0.2) is 0 Å². The van der Waals surface area contributed by atoms with E-state index in [-0.39, 0.29) is 16.3 Å². The molecule has 1 heterocycles. The second-order valence-corrected chi connectivity index (χ2v) is 4.23. The topological polar surface area (TPSA) is 84.2 Å². The molecule has 19 heavy (non-hydrogen) atoms. The Morgan fingerprint density at radius 3 is 2.74 bits per heavy atom. The molecule has 0 aliphatic heterocycles. The zero-order valence-electron chi connectivity index (χ0n) is 9.92. The monoisotopic (exact) mass is 279 g/mol. The van der Waals surface area contributed by atoms with Gasteiger partial charge in [-0.05, 0) is 12.1 Å². The molecule has 0 bridgehead atoms. The molecular weight excluding hydrogens is 270 g/mol. The van der Waals surface area contributed by atoms with Crippen LogP contribution in [0.1, 0.15) is 20.7 Å². The van der Waals surface area contributed by atoms with Crippen LogP contribution in [0, 0.1) is 0 Å². The van der Waals surface area contributed by atoms with E-state index in [1.54, 1.807) is 7.05 Å². The average molecular weight is 280 g/mol. The van der Waals surface area contributed by atoms with Crippen LogP contribution in [0.4, 0.5) is 5.69 Å². The van der Waals surface area contributed by atoms with Crippen molar-refractivity contribution in [1.82, 2.24) is 9.78 Å². The van der Waals surface area contributed by atoms with Gasteiger partial charge in [0.2, 0.25) is 0 Å². The number of rotatable bonds is 3. The number of para-hydroxylation sites is 1. The van der Waals surface area contributed by atoms with Gasteiger partial charge in [-0.3, -0.25) is 9.48 Å². The second kappa shape index (κ2) is 5.11. The largest absolute Gasteiger partial charge is 0.478 e. The molecule has 0 radical (unpaired) electrons. The lowest BCUT2D eigenvalue weighted by Crippen LogP contribution is -2.14. The Morgan fingerprint density at radius 1 is 1.42 bits per heavy atom. The molecule has 2 rings (SSSR count). The zero-order chi connectivity index (χ0) is 14.0. The standard InChI is InChI=1S/C12H10ClN3O3/c1-16-6-7(5-14-16)11(17)15-10-8(12(18)19)3-2-4-9(10)13/h2-6H,1H3,(H,15,17)(H,18,19). The minimum atomic E-state index is -1.16. The van der Waals surface area contributed by atoms with E-state index in [4.69, 9.17) is 16.7 Å². The van der Waals surface area contributed by atoms with Gasteiger partial charge in [-0.2, -0.15) is 5.10 Å². The van der Waals surface area contributed by atoms with Crippen LogP contribution in [0.3, 0.4) is 0 Å². The number of aryl methyl sites for hydroxylation is 1.